The van der Waals surface area contributed by atoms with E-state index in [0.29, 0.717) is 6.42 Å². The van der Waals surface area contributed by atoms with E-state index in [1.54, 1.807) is 24.3 Å². The summed E-state index contributed by atoms with van der Waals surface area (Å²) in [6.45, 7) is 2.25. The summed E-state index contributed by atoms with van der Waals surface area (Å²) in [7, 11) is 1.67. The van der Waals surface area contributed by atoms with Gasteiger partial charge in [0.15, 0.2) is 0 Å². The highest BCUT2D eigenvalue weighted by Crippen LogP contribution is 2.09. The molecule has 0 aromatic heterocycles. The highest BCUT2D eigenvalue weighted by atomic mass is 16.2. The molecule has 1 aliphatic heterocycles. The monoisotopic (exact) mass is 182 g/mol. The summed E-state index contributed by atoms with van der Waals surface area (Å²) in [5, 5.41) is 0. The lowest BCUT2D eigenvalue weighted by Gasteiger charge is -2.12. The summed E-state index contributed by atoms with van der Waals surface area (Å²) in [5.74, 6) is 0.0936. The maximum absolute atomic E-state index is 11.1. The van der Waals surface area contributed by atoms with Gasteiger partial charge in [-0.05, 0) is 6.42 Å². The summed E-state index contributed by atoms with van der Waals surface area (Å²) in [6.07, 6.45) is 4.81. The molecule has 0 aromatic rings. The molecule has 1 rings (SSSR count). The van der Waals surface area contributed by atoms with Gasteiger partial charge in [-0.1, -0.05) is 0 Å². The van der Waals surface area contributed by atoms with E-state index in [0.717, 1.165) is 13.0 Å². The van der Waals surface area contributed by atoms with Gasteiger partial charge >= 0.3 is 0 Å². The standard InChI is InChI=1S/C9H14N2O2/c1-8(12)10(2)6-7-11-5-3-4-9(11)13/h6-7H,3-5H2,1-2H3. The molecule has 0 spiro atoms. The van der Waals surface area contributed by atoms with Crippen molar-refractivity contribution in [1.29, 1.82) is 0 Å². The first-order valence-electron chi connectivity index (χ1n) is 4.32. The van der Waals surface area contributed by atoms with E-state index in [9.17, 15) is 9.59 Å². The fourth-order valence-corrected chi connectivity index (χ4v) is 1.11. The van der Waals surface area contributed by atoms with Crippen LogP contribution in [0.2, 0.25) is 0 Å². The molecular formula is C9H14N2O2. The number of carbonyl (C=O) groups excluding carboxylic acids is 2. The maximum Gasteiger partial charge on any atom is 0.226 e. The number of hydrogen-bond donors (Lipinski definition) is 0. The average molecular weight is 182 g/mol. The van der Waals surface area contributed by atoms with Crippen molar-refractivity contribution in [2.45, 2.75) is 19.8 Å². The predicted molar refractivity (Wildman–Crippen MR) is 48.5 cm³/mol. The first kappa shape index (κ1) is 9.77. The SMILES string of the molecule is CC(=O)N(C)C=CN1CCCC1=O. The lowest BCUT2D eigenvalue weighted by atomic mass is 10.4. The highest BCUT2D eigenvalue weighted by Gasteiger charge is 2.17. The minimum atomic E-state index is -0.0390. The van der Waals surface area contributed by atoms with Gasteiger partial charge in [0.05, 0.1) is 0 Å². The zero-order chi connectivity index (χ0) is 9.84. The van der Waals surface area contributed by atoms with Gasteiger partial charge < -0.3 is 9.80 Å². The molecule has 0 atom stereocenters. The molecule has 1 fully saturated rings. The number of nitrogens with zero attached hydrogens (tertiary/aromatic N) is 2. The van der Waals surface area contributed by atoms with E-state index >= 15 is 0 Å². The number of amides is 2. The van der Waals surface area contributed by atoms with E-state index in [1.807, 2.05) is 0 Å². The largest absolute Gasteiger partial charge is 0.321 e. The van der Waals surface area contributed by atoms with Gasteiger partial charge in [0.1, 0.15) is 0 Å². The van der Waals surface area contributed by atoms with Crippen molar-refractivity contribution in [2.75, 3.05) is 13.6 Å². The van der Waals surface area contributed by atoms with Crippen LogP contribution in [-0.2, 0) is 9.59 Å². The molecule has 13 heavy (non-hydrogen) atoms. The van der Waals surface area contributed by atoms with Crippen LogP contribution < -0.4 is 0 Å². The van der Waals surface area contributed by atoms with Crippen molar-refractivity contribution in [2.24, 2.45) is 0 Å². The molecule has 4 nitrogen and oxygen atoms in total. The minimum absolute atomic E-state index is 0.0390. The van der Waals surface area contributed by atoms with Crippen molar-refractivity contribution in [3.8, 4) is 0 Å². The van der Waals surface area contributed by atoms with Gasteiger partial charge in [-0.25, -0.2) is 0 Å². The Bertz CT molecular complexity index is 248. The van der Waals surface area contributed by atoms with Gasteiger partial charge in [-0.3, -0.25) is 9.59 Å². The molecule has 0 N–H and O–H groups in total. The van der Waals surface area contributed by atoms with Crippen molar-refractivity contribution >= 4 is 11.8 Å². The average Bonchev–Trinajstić information content (AvgIpc) is 2.47. The van der Waals surface area contributed by atoms with Crippen molar-refractivity contribution in [3.05, 3.63) is 12.4 Å². The lowest BCUT2D eigenvalue weighted by Crippen LogP contribution is -2.21. The zero-order valence-electron chi connectivity index (χ0n) is 7.99. The number of hydrogen-bond acceptors (Lipinski definition) is 2. The normalized spacial score (nSPS) is 17.1. The van der Waals surface area contributed by atoms with Crippen LogP contribution in [0, 0.1) is 0 Å². The molecule has 0 aliphatic carbocycles. The van der Waals surface area contributed by atoms with Crippen LogP contribution in [0.4, 0.5) is 0 Å². The second-order valence-corrected chi connectivity index (χ2v) is 3.12. The van der Waals surface area contributed by atoms with Crippen LogP contribution in [0.5, 0.6) is 0 Å². The van der Waals surface area contributed by atoms with Crippen molar-refractivity contribution in [3.63, 3.8) is 0 Å². The Hall–Kier alpha value is -1.32. The highest BCUT2D eigenvalue weighted by molar-refractivity contribution is 5.79. The van der Waals surface area contributed by atoms with Crippen LogP contribution in [-0.4, -0.2) is 35.2 Å². The van der Waals surface area contributed by atoms with Crippen LogP contribution >= 0.6 is 0 Å². The molecule has 0 saturated carbocycles. The Morgan fingerprint density at radius 2 is 2.31 bits per heavy atom. The molecule has 0 radical (unpaired) electrons. The van der Waals surface area contributed by atoms with Crippen LogP contribution in [0.15, 0.2) is 12.4 Å². The minimum Gasteiger partial charge on any atom is -0.321 e. The predicted octanol–water partition coefficient (Wildman–Crippen LogP) is 0.558. The number of carbonyl (C=O) groups is 2. The Morgan fingerprint density at radius 1 is 1.62 bits per heavy atom. The third-order valence-corrected chi connectivity index (χ3v) is 2.08. The molecule has 2 amide bonds. The lowest BCUT2D eigenvalue weighted by molar-refractivity contribution is -0.127. The number of rotatable bonds is 2. The molecule has 0 unspecified atom stereocenters. The van der Waals surface area contributed by atoms with Gasteiger partial charge in [0, 0.05) is 39.3 Å². The Kier molecular flexibility index (Phi) is 3.06. The molecule has 72 valence electrons. The first-order chi connectivity index (χ1) is 6.11. The summed E-state index contributed by atoms with van der Waals surface area (Å²) in [6, 6.07) is 0. The topological polar surface area (TPSA) is 40.6 Å². The summed E-state index contributed by atoms with van der Waals surface area (Å²) < 4.78 is 0. The Balaban J connectivity index is 2.47. The summed E-state index contributed by atoms with van der Waals surface area (Å²) in [4.78, 5) is 25.0. The van der Waals surface area contributed by atoms with Gasteiger partial charge in [0.25, 0.3) is 0 Å². The van der Waals surface area contributed by atoms with Gasteiger partial charge in [-0.2, -0.15) is 0 Å². The van der Waals surface area contributed by atoms with Crippen LogP contribution in [0.25, 0.3) is 0 Å². The molecule has 0 bridgehead atoms. The second-order valence-electron chi connectivity index (χ2n) is 3.12. The van der Waals surface area contributed by atoms with Crippen molar-refractivity contribution < 1.29 is 9.59 Å². The fourth-order valence-electron chi connectivity index (χ4n) is 1.11. The maximum atomic E-state index is 11.1. The first-order valence-corrected chi connectivity index (χ1v) is 4.32. The van der Waals surface area contributed by atoms with E-state index < -0.39 is 0 Å². The van der Waals surface area contributed by atoms with Gasteiger partial charge in [-0.15, -0.1) is 0 Å². The Labute approximate surface area is 77.8 Å². The quantitative estimate of drug-likeness (QED) is 0.626. The summed E-state index contributed by atoms with van der Waals surface area (Å²) >= 11 is 0. The molecule has 4 heteroatoms. The molecular weight excluding hydrogens is 168 g/mol. The third-order valence-electron chi connectivity index (χ3n) is 2.08. The molecule has 1 heterocycles. The van der Waals surface area contributed by atoms with E-state index in [-0.39, 0.29) is 11.8 Å². The van der Waals surface area contributed by atoms with Gasteiger partial charge in [0.2, 0.25) is 11.8 Å². The van der Waals surface area contributed by atoms with E-state index in [2.05, 4.69) is 0 Å². The fraction of sp³-hybridized carbons (Fsp3) is 0.556. The smallest absolute Gasteiger partial charge is 0.226 e. The second kappa shape index (κ2) is 4.07. The van der Waals surface area contributed by atoms with E-state index in [4.69, 9.17) is 0 Å². The van der Waals surface area contributed by atoms with Crippen LogP contribution in [0.1, 0.15) is 19.8 Å². The van der Waals surface area contributed by atoms with Crippen molar-refractivity contribution in [1.82, 2.24) is 9.80 Å². The Morgan fingerprint density at radius 3 is 2.77 bits per heavy atom. The molecule has 0 aromatic carbocycles. The number of likely N-dealkylation sites (tertiary alicyclic amines) is 1. The summed E-state index contributed by atoms with van der Waals surface area (Å²) in [5.41, 5.74) is 0. The van der Waals surface area contributed by atoms with Crippen LogP contribution in [0.3, 0.4) is 0 Å². The third kappa shape index (κ3) is 2.57. The molecule has 1 aliphatic rings. The molecule has 1 saturated heterocycles. The zero-order valence-corrected chi connectivity index (χ0v) is 7.99. The van der Waals surface area contributed by atoms with E-state index in [1.165, 1.54) is 11.8 Å².